The third-order valence-electron chi connectivity index (χ3n) is 3.84. The Morgan fingerprint density at radius 3 is 2.70 bits per heavy atom. The number of nitrogens with one attached hydrogen (secondary N) is 1. The van der Waals surface area contributed by atoms with Crippen LogP contribution in [0.1, 0.15) is 26.7 Å². The summed E-state index contributed by atoms with van der Waals surface area (Å²) in [5.41, 5.74) is -0.552. The van der Waals surface area contributed by atoms with Crippen LogP contribution < -0.4 is 5.32 Å². The van der Waals surface area contributed by atoms with Gasteiger partial charge in [-0.25, -0.2) is 4.79 Å². The molecule has 7 heteroatoms. The molecular formula is C13H21N3O4. The summed E-state index contributed by atoms with van der Waals surface area (Å²) in [7, 11) is 0. The number of carbonyl (C=O) groups excluding carboxylic acids is 2. The van der Waals surface area contributed by atoms with E-state index < -0.39 is 11.4 Å². The third kappa shape index (κ3) is 3.20. The molecule has 0 aromatic rings. The van der Waals surface area contributed by atoms with E-state index in [-0.39, 0.29) is 30.8 Å². The van der Waals surface area contributed by atoms with E-state index in [1.165, 1.54) is 0 Å². The van der Waals surface area contributed by atoms with Gasteiger partial charge in [-0.1, -0.05) is 13.8 Å². The first kappa shape index (κ1) is 14.6. The number of carboxylic acid groups (broad SMARTS) is 1. The zero-order valence-electron chi connectivity index (χ0n) is 11.9. The molecule has 0 saturated carbocycles. The molecule has 2 saturated heterocycles. The lowest BCUT2D eigenvalue weighted by atomic mass is 9.85. The van der Waals surface area contributed by atoms with Crippen LogP contribution in [0.4, 0.5) is 4.79 Å². The van der Waals surface area contributed by atoms with Crippen molar-refractivity contribution in [3.8, 4) is 0 Å². The minimum Gasteiger partial charge on any atom is -0.481 e. The van der Waals surface area contributed by atoms with Gasteiger partial charge in [-0.05, 0) is 5.41 Å². The number of piperazine rings is 1. The topological polar surface area (TPSA) is 90.0 Å². The van der Waals surface area contributed by atoms with Gasteiger partial charge >= 0.3 is 12.0 Å². The van der Waals surface area contributed by atoms with E-state index in [9.17, 15) is 14.4 Å². The Morgan fingerprint density at radius 1 is 1.35 bits per heavy atom. The highest BCUT2D eigenvalue weighted by atomic mass is 16.4. The van der Waals surface area contributed by atoms with Crippen LogP contribution in [0, 0.1) is 5.41 Å². The molecule has 0 radical (unpaired) electrons. The van der Waals surface area contributed by atoms with Gasteiger partial charge in [0.25, 0.3) is 0 Å². The van der Waals surface area contributed by atoms with Gasteiger partial charge in [-0.3, -0.25) is 9.59 Å². The number of hydrogen-bond donors (Lipinski definition) is 2. The van der Waals surface area contributed by atoms with Gasteiger partial charge in [-0.15, -0.1) is 0 Å². The summed E-state index contributed by atoms with van der Waals surface area (Å²) >= 11 is 0. The summed E-state index contributed by atoms with van der Waals surface area (Å²) in [6.07, 6.45) is 0.190. The number of carbonyl (C=O) groups is 3. The molecule has 2 heterocycles. The van der Waals surface area contributed by atoms with Crippen molar-refractivity contribution in [3.05, 3.63) is 0 Å². The summed E-state index contributed by atoms with van der Waals surface area (Å²) in [6, 6.07) is -0.0175. The Labute approximate surface area is 117 Å². The van der Waals surface area contributed by atoms with E-state index in [1.54, 1.807) is 23.6 Å². The number of urea groups is 1. The second-order valence-corrected chi connectivity index (χ2v) is 6.28. The number of rotatable bonds is 4. The maximum Gasteiger partial charge on any atom is 0.317 e. The highest BCUT2D eigenvalue weighted by Crippen LogP contribution is 2.27. The summed E-state index contributed by atoms with van der Waals surface area (Å²) in [6.45, 7) is 5.74. The fourth-order valence-electron chi connectivity index (χ4n) is 2.82. The van der Waals surface area contributed by atoms with E-state index in [2.05, 4.69) is 5.32 Å². The van der Waals surface area contributed by atoms with Crippen LogP contribution in [0.3, 0.4) is 0 Å². The van der Waals surface area contributed by atoms with Crippen molar-refractivity contribution in [3.63, 3.8) is 0 Å². The predicted octanol–water partition coefficient (Wildman–Crippen LogP) is 0.113. The van der Waals surface area contributed by atoms with Gasteiger partial charge in [0.05, 0.1) is 12.5 Å². The molecule has 2 aliphatic heterocycles. The Morgan fingerprint density at radius 2 is 2.05 bits per heavy atom. The largest absolute Gasteiger partial charge is 0.481 e. The number of carboxylic acids is 1. The zero-order chi connectivity index (χ0) is 14.9. The lowest BCUT2D eigenvalue weighted by Crippen LogP contribution is -2.54. The lowest BCUT2D eigenvalue weighted by molar-refractivity contribution is -0.141. The molecule has 2 aliphatic rings. The van der Waals surface area contributed by atoms with Crippen LogP contribution in [0.2, 0.25) is 0 Å². The molecule has 7 nitrogen and oxygen atoms in total. The molecule has 2 N–H and O–H groups in total. The molecule has 0 aliphatic carbocycles. The van der Waals surface area contributed by atoms with Crippen LogP contribution in [0.5, 0.6) is 0 Å². The maximum atomic E-state index is 12.3. The molecule has 1 atom stereocenters. The van der Waals surface area contributed by atoms with Gasteiger partial charge in [0.2, 0.25) is 5.91 Å². The highest BCUT2D eigenvalue weighted by molar-refractivity contribution is 5.80. The zero-order valence-corrected chi connectivity index (χ0v) is 11.9. The predicted molar refractivity (Wildman–Crippen MR) is 71.1 cm³/mol. The quantitative estimate of drug-likeness (QED) is 0.766. The smallest absolute Gasteiger partial charge is 0.317 e. The van der Waals surface area contributed by atoms with Crippen molar-refractivity contribution >= 4 is 17.9 Å². The van der Waals surface area contributed by atoms with Crippen molar-refractivity contribution in [1.82, 2.24) is 15.1 Å². The molecule has 0 spiro atoms. The summed E-state index contributed by atoms with van der Waals surface area (Å²) in [5.74, 6) is -0.923. The average Bonchev–Trinajstić information content (AvgIpc) is 2.68. The van der Waals surface area contributed by atoms with Crippen LogP contribution in [-0.4, -0.2) is 65.0 Å². The SMILES string of the molecule is CC(C)(CC(=O)O)CC(=O)N1CCN2C(=O)NCC2C1. The van der Waals surface area contributed by atoms with E-state index in [0.717, 1.165) is 0 Å². The van der Waals surface area contributed by atoms with E-state index in [1.807, 2.05) is 0 Å². The first-order chi connectivity index (χ1) is 9.28. The van der Waals surface area contributed by atoms with Crippen molar-refractivity contribution < 1.29 is 19.5 Å². The maximum absolute atomic E-state index is 12.3. The van der Waals surface area contributed by atoms with Crippen LogP contribution in [0.15, 0.2) is 0 Å². The molecule has 0 aromatic heterocycles. The van der Waals surface area contributed by atoms with Gasteiger partial charge in [0.1, 0.15) is 0 Å². The van der Waals surface area contributed by atoms with Crippen molar-refractivity contribution in [2.75, 3.05) is 26.2 Å². The molecule has 0 bridgehead atoms. The van der Waals surface area contributed by atoms with E-state index in [0.29, 0.717) is 26.2 Å². The Hall–Kier alpha value is -1.79. The fourth-order valence-corrected chi connectivity index (χ4v) is 2.82. The molecule has 0 aromatic carbocycles. The number of amides is 3. The normalized spacial score (nSPS) is 22.5. The second-order valence-electron chi connectivity index (χ2n) is 6.28. The Bertz CT molecular complexity index is 435. The summed E-state index contributed by atoms with van der Waals surface area (Å²) < 4.78 is 0. The van der Waals surface area contributed by atoms with Crippen molar-refractivity contribution in [1.29, 1.82) is 0 Å². The highest BCUT2D eigenvalue weighted by Gasteiger charge is 2.38. The molecular weight excluding hydrogens is 262 g/mol. The third-order valence-corrected chi connectivity index (χ3v) is 3.84. The minimum absolute atomic E-state index is 0.0256. The van der Waals surface area contributed by atoms with Gasteiger partial charge < -0.3 is 20.2 Å². The van der Waals surface area contributed by atoms with Gasteiger partial charge in [0.15, 0.2) is 0 Å². The number of hydrogen-bond acceptors (Lipinski definition) is 3. The first-order valence-electron chi connectivity index (χ1n) is 6.82. The molecule has 2 fully saturated rings. The van der Waals surface area contributed by atoms with Crippen molar-refractivity contribution in [2.45, 2.75) is 32.7 Å². The molecule has 3 amide bonds. The Balaban J connectivity index is 1.91. The van der Waals surface area contributed by atoms with Crippen LogP contribution in [-0.2, 0) is 9.59 Å². The van der Waals surface area contributed by atoms with Crippen LogP contribution in [0.25, 0.3) is 0 Å². The second kappa shape index (κ2) is 5.30. The van der Waals surface area contributed by atoms with E-state index in [4.69, 9.17) is 5.11 Å². The molecule has 20 heavy (non-hydrogen) atoms. The molecule has 1 unspecified atom stereocenters. The summed E-state index contributed by atoms with van der Waals surface area (Å²) in [4.78, 5) is 38.0. The molecule has 2 rings (SSSR count). The minimum atomic E-state index is -0.891. The number of nitrogens with zero attached hydrogens (tertiary/aromatic N) is 2. The number of fused-ring (bicyclic) bond motifs is 1. The van der Waals surface area contributed by atoms with Gasteiger partial charge in [-0.2, -0.15) is 0 Å². The first-order valence-corrected chi connectivity index (χ1v) is 6.82. The molecule has 112 valence electrons. The monoisotopic (exact) mass is 283 g/mol. The standard InChI is InChI=1S/C13H21N3O4/c1-13(2,6-11(18)19)5-10(17)15-3-4-16-9(8-15)7-14-12(16)20/h9H,3-8H2,1-2H3,(H,14,20)(H,18,19). The Kier molecular flexibility index (Phi) is 3.87. The van der Waals surface area contributed by atoms with Crippen molar-refractivity contribution in [2.24, 2.45) is 5.41 Å². The fraction of sp³-hybridized carbons (Fsp3) is 0.769. The van der Waals surface area contributed by atoms with Gasteiger partial charge in [0, 0.05) is 32.6 Å². The number of aliphatic carboxylic acids is 1. The summed E-state index contributed by atoms with van der Waals surface area (Å²) in [5, 5.41) is 11.6. The average molecular weight is 283 g/mol. The van der Waals surface area contributed by atoms with E-state index >= 15 is 0 Å². The van der Waals surface area contributed by atoms with Crippen LogP contribution >= 0.6 is 0 Å². The lowest BCUT2D eigenvalue weighted by Gasteiger charge is -2.37.